The summed E-state index contributed by atoms with van der Waals surface area (Å²) in [6.07, 6.45) is 1.19. The molecule has 0 aliphatic carbocycles. The predicted molar refractivity (Wildman–Crippen MR) is 59.8 cm³/mol. The highest BCUT2D eigenvalue weighted by Gasteiger charge is 2.05. The molecule has 0 saturated heterocycles. The first-order valence-electron chi connectivity index (χ1n) is 4.41. The molecule has 74 valence electrons. The zero-order valence-corrected chi connectivity index (χ0v) is 9.82. The largest absolute Gasteiger partial charge is 0.351 e. The van der Waals surface area contributed by atoms with Gasteiger partial charge in [-0.2, -0.15) is 0 Å². The van der Waals surface area contributed by atoms with E-state index in [1.165, 1.54) is 6.42 Å². The minimum atomic E-state index is 0.594. The number of rotatable bonds is 4. The Labute approximate surface area is 88.5 Å². The lowest BCUT2D eigenvalue weighted by atomic mass is 10.1. The quantitative estimate of drug-likeness (QED) is 0.771. The van der Waals surface area contributed by atoms with Crippen LogP contribution in [0.25, 0.3) is 0 Å². The average molecular weight is 219 g/mol. The maximum absolute atomic E-state index is 5.74. The monoisotopic (exact) mass is 218 g/mol. The fourth-order valence-electron chi connectivity index (χ4n) is 0.968. The van der Waals surface area contributed by atoms with E-state index in [1.807, 2.05) is 5.38 Å². The lowest BCUT2D eigenvalue weighted by Crippen LogP contribution is -2.19. The Bertz CT molecular complexity index is 260. The normalized spacial score (nSPS) is 10.8. The van der Waals surface area contributed by atoms with Crippen LogP contribution in [0.4, 0.5) is 5.13 Å². The average Bonchev–Trinajstić information content (AvgIpc) is 2.47. The number of hydrogen-bond donors (Lipinski definition) is 0. The minimum Gasteiger partial charge on any atom is -0.351 e. The first-order valence-corrected chi connectivity index (χ1v) is 5.67. The fraction of sp³-hybridized carbons (Fsp3) is 0.667. The number of anilines is 1. The van der Waals surface area contributed by atoms with Gasteiger partial charge >= 0.3 is 0 Å². The zero-order chi connectivity index (χ0) is 9.84. The Morgan fingerprint density at radius 1 is 1.62 bits per heavy atom. The highest BCUT2D eigenvalue weighted by molar-refractivity contribution is 7.14. The predicted octanol–water partition coefficient (Wildman–Crippen LogP) is 3.28. The van der Waals surface area contributed by atoms with E-state index in [-0.39, 0.29) is 0 Å². The van der Waals surface area contributed by atoms with Crippen LogP contribution in [-0.2, 0) is 0 Å². The van der Waals surface area contributed by atoms with Crippen molar-refractivity contribution in [2.45, 2.75) is 20.3 Å². The van der Waals surface area contributed by atoms with Crippen molar-refractivity contribution in [1.29, 1.82) is 0 Å². The molecule has 0 N–H and O–H groups in total. The Hall–Kier alpha value is -0.280. The van der Waals surface area contributed by atoms with Crippen LogP contribution in [0, 0.1) is 5.92 Å². The first-order chi connectivity index (χ1) is 6.09. The van der Waals surface area contributed by atoms with Gasteiger partial charge in [-0.3, -0.25) is 0 Å². The van der Waals surface area contributed by atoms with E-state index in [1.54, 1.807) is 11.3 Å². The van der Waals surface area contributed by atoms with E-state index in [9.17, 15) is 0 Å². The van der Waals surface area contributed by atoms with Crippen molar-refractivity contribution >= 4 is 28.1 Å². The summed E-state index contributed by atoms with van der Waals surface area (Å²) in [7, 11) is 2.05. The van der Waals surface area contributed by atoms with Crippen LogP contribution in [0.3, 0.4) is 0 Å². The summed E-state index contributed by atoms with van der Waals surface area (Å²) in [5.41, 5.74) is 0. The Balaban J connectivity index is 2.44. The number of thiazole rings is 1. The Kier molecular flexibility index (Phi) is 4.00. The second-order valence-corrected chi connectivity index (χ2v) is 4.78. The molecule has 0 fully saturated rings. The summed E-state index contributed by atoms with van der Waals surface area (Å²) in [6, 6.07) is 0. The van der Waals surface area contributed by atoms with Crippen molar-refractivity contribution in [1.82, 2.24) is 4.98 Å². The highest BCUT2D eigenvalue weighted by Crippen LogP contribution is 2.22. The van der Waals surface area contributed by atoms with Crippen LogP contribution in [-0.4, -0.2) is 18.6 Å². The molecule has 0 amide bonds. The topological polar surface area (TPSA) is 16.1 Å². The van der Waals surface area contributed by atoms with Crippen molar-refractivity contribution in [2.75, 3.05) is 18.5 Å². The van der Waals surface area contributed by atoms with Crippen LogP contribution in [0.5, 0.6) is 0 Å². The molecule has 4 heteroatoms. The van der Waals surface area contributed by atoms with Crippen molar-refractivity contribution in [3.8, 4) is 0 Å². The molecular weight excluding hydrogens is 204 g/mol. The molecule has 0 unspecified atom stereocenters. The van der Waals surface area contributed by atoms with Crippen LogP contribution in [0.15, 0.2) is 5.38 Å². The third-order valence-corrected chi connectivity index (χ3v) is 3.11. The molecule has 0 bridgehead atoms. The summed E-state index contributed by atoms with van der Waals surface area (Å²) in [4.78, 5) is 6.35. The Morgan fingerprint density at radius 2 is 2.31 bits per heavy atom. The molecule has 1 aromatic rings. The second-order valence-electron chi connectivity index (χ2n) is 3.56. The van der Waals surface area contributed by atoms with Gasteiger partial charge in [-0.15, -0.1) is 11.3 Å². The summed E-state index contributed by atoms with van der Waals surface area (Å²) in [5, 5.41) is 3.46. The maximum Gasteiger partial charge on any atom is 0.186 e. The molecule has 0 atom stereocenters. The maximum atomic E-state index is 5.74. The molecule has 1 heterocycles. The van der Waals surface area contributed by atoms with E-state index < -0.39 is 0 Å². The highest BCUT2D eigenvalue weighted by atomic mass is 35.5. The second kappa shape index (κ2) is 4.82. The van der Waals surface area contributed by atoms with Gasteiger partial charge in [-0.05, 0) is 12.3 Å². The van der Waals surface area contributed by atoms with E-state index in [0.29, 0.717) is 5.15 Å². The number of hydrogen-bond acceptors (Lipinski definition) is 3. The van der Waals surface area contributed by atoms with Gasteiger partial charge in [0.05, 0.1) is 0 Å². The van der Waals surface area contributed by atoms with Crippen molar-refractivity contribution in [2.24, 2.45) is 5.92 Å². The van der Waals surface area contributed by atoms with Gasteiger partial charge in [-0.1, -0.05) is 25.4 Å². The van der Waals surface area contributed by atoms with Gasteiger partial charge < -0.3 is 4.90 Å². The van der Waals surface area contributed by atoms with Gasteiger partial charge in [0.25, 0.3) is 0 Å². The van der Waals surface area contributed by atoms with E-state index >= 15 is 0 Å². The minimum absolute atomic E-state index is 0.594. The van der Waals surface area contributed by atoms with Gasteiger partial charge in [0, 0.05) is 19.0 Å². The molecule has 0 spiro atoms. The Morgan fingerprint density at radius 3 is 2.77 bits per heavy atom. The smallest absolute Gasteiger partial charge is 0.186 e. The number of nitrogens with zero attached hydrogens (tertiary/aromatic N) is 2. The van der Waals surface area contributed by atoms with Gasteiger partial charge in [0.1, 0.15) is 5.15 Å². The van der Waals surface area contributed by atoms with E-state index in [0.717, 1.165) is 17.6 Å². The van der Waals surface area contributed by atoms with Crippen LogP contribution in [0.1, 0.15) is 20.3 Å². The SMILES string of the molecule is CC(C)CCN(C)c1nc(Cl)cs1. The van der Waals surface area contributed by atoms with Crippen molar-refractivity contribution in [3.05, 3.63) is 10.5 Å². The van der Waals surface area contributed by atoms with Gasteiger partial charge in [-0.25, -0.2) is 4.98 Å². The molecule has 0 radical (unpaired) electrons. The summed E-state index contributed by atoms with van der Waals surface area (Å²) in [6.45, 7) is 5.49. The van der Waals surface area contributed by atoms with E-state index in [4.69, 9.17) is 11.6 Å². The first kappa shape index (κ1) is 10.8. The van der Waals surface area contributed by atoms with Gasteiger partial charge in [0.2, 0.25) is 0 Å². The molecule has 1 rings (SSSR count). The molecular formula is C9H15ClN2S. The summed E-state index contributed by atoms with van der Waals surface area (Å²) < 4.78 is 0. The fourth-order valence-corrected chi connectivity index (χ4v) is 1.91. The molecule has 0 aliphatic heterocycles. The molecule has 0 aliphatic rings. The molecule has 2 nitrogen and oxygen atoms in total. The standard InChI is InChI=1S/C9H15ClN2S/c1-7(2)4-5-12(3)9-11-8(10)6-13-9/h6-7H,4-5H2,1-3H3. The third-order valence-electron chi connectivity index (χ3n) is 1.83. The number of halogens is 1. The molecule has 0 saturated carbocycles. The van der Waals surface area contributed by atoms with Crippen molar-refractivity contribution < 1.29 is 0 Å². The van der Waals surface area contributed by atoms with Crippen LogP contribution in [0.2, 0.25) is 5.15 Å². The molecule has 1 aromatic heterocycles. The molecule has 13 heavy (non-hydrogen) atoms. The van der Waals surface area contributed by atoms with Crippen LogP contribution < -0.4 is 4.90 Å². The van der Waals surface area contributed by atoms with Crippen molar-refractivity contribution in [3.63, 3.8) is 0 Å². The summed E-state index contributed by atoms with van der Waals surface area (Å²) >= 11 is 7.33. The lowest BCUT2D eigenvalue weighted by Gasteiger charge is -2.16. The van der Waals surface area contributed by atoms with E-state index in [2.05, 4.69) is 30.8 Å². The number of aromatic nitrogens is 1. The zero-order valence-electron chi connectivity index (χ0n) is 8.25. The third kappa shape index (κ3) is 3.53. The lowest BCUT2D eigenvalue weighted by molar-refractivity contribution is 0.585. The van der Waals surface area contributed by atoms with Crippen LogP contribution >= 0.6 is 22.9 Å². The molecule has 0 aromatic carbocycles. The van der Waals surface area contributed by atoms with Gasteiger partial charge in [0.15, 0.2) is 5.13 Å². The summed E-state index contributed by atoms with van der Waals surface area (Å²) in [5.74, 6) is 0.734.